The predicted molar refractivity (Wildman–Crippen MR) is 147 cm³/mol. The van der Waals surface area contributed by atoms with Crippen molar-refractivity contribution in [2.45, 2.75) is 37.1 Å². The van der Waals surface area contributed by atoms with Gasteiger partial charge in [0.15, 0.2) is 0 Å². The van der Waals surface area contributed by atoms with Gasteiger partial charge in [-0.15, -0.1) is 11.6 Å². The Kier molecular flexibility index (Phi) is 7.63. The number of nitrogens with two attached hydrogens (primary N) is 1. The fourth-order valence-electron chi connectivity index (χ4n) is 5.43. The molecule has 2 aliphatic carbocycles. The van der Waals surface area contributed by atoms with Gasteiger partial charge in [-0.2, -0.15) is 0 Å². The summed E-state index contributed by atoms with van der Waals surface area (Å²) in [6.45, 7) is 1.51. The second kappa shape index (κ2) is 11.2. The Labute approximate surface area is 214 Å². The highest BCUT2D eigenvalue weighted by molar-refractivity contribution is 6.22. The van der Waals surface area contributed by atoms with Crippen LogP contribution in [-0.2, 0) is 25.7 Å². The molecule has 0 unspecified atom stereocenters. The molecule has 3 N–H and O–H groups in total. The number of fused-ring (bicyclic) bond motifs is 4. The lowest BCUT2D eigenvalue weighted by molar-refractivity contribution is 0.609. The van der Waals surface area contributed by atoms with Gasteiger partial charge in [0.2, 0.25) is 0 Å². The fraction of sp³-hybridized carbons (Fsp3) is 0.250. The normalized spacial score (nSPS) is 14.8. The van der Waals surface area contributed by atoms with E-state index in [0.29, 0.717) is 6.54 Å². The van der Waals surface area contributed by atoms with Crippen LogP contribution >= 0.6 is 11.6 Å². The summed E-state index contributed by atoms with van der Waals surface area (Å²) >= 11 is 6.58. The van der Waals surface area contributed by atoms with Crippen molar-refractivity contribution in [3.8, 4) is 0 Å². The van der Waals surface area contributed by atoms with Crippen LogP contribution in [0.4, 0.5) is 0 Å². The summed E-state index contributed by atoms with van der Waals surface area (Å²) in [6.07, 6.45) is 4.43. The molecule has 0 radical (unpaired) electrons. The third kappa shape index (κ3) is 5.21. The van der Waals surface area contributed by atoms with Gasteiger partial charge in [0.1, 0.15) is 0 Å². The second-order valence-electron chi connectivity index (χ2n) is 9.33. The third-order valence-electron chi connectivity index (χ3n) is 7.21. The first-order valence-corrected chi connectivity index (χ1v) is 13.1. The van der Waals surface area contributed by atoms with Crippen molar-refractivity contribution in [3.63, 3.8) is 0 Å². The van der Waals surface area contributed by atoms with Crippen molar-refractivity contribution >= 4 is 11.6 Å². The zero-order valence-electron chi connectivity index (χ0n) is 20.1. The van der Waals surface area contributed by atoms with Gasteiger partial charge < -0.3 is 11.1 Å². The van der Waals surface area contributed by atoms with Crippen molar-refractivity contribution in [2.24, 2.45) is 5.73 Å². The van der Waals surface area contributed by atoms with E-state index in [0.717, 1.165) is 32.2 Å². The highest BCUT2D eigenvalue weighted by Gasteiger charge is 2.22. The zero-order chi connectivity index (χ0) is 24.0. The maximum absolute atomic E-state index is 6.58. The zero-order valence-corrected chi connectivity index (χ0v) is 20.8. The van der Waals surface area contributed by atoms with Gasteiger partial charge in [0.05, 0.1) is 11.4 Å². The van der Waals surface area contributed by atoms with Crippen LogP contribution in [0.2, 0.25) is 0 Å². The molecule has 0 fully saturated rings. The summed E-state index contributed by atoms with van der Waals surface area (Å²) < 4.78 is 0. The van der Waals surface area contributed by atoms with E-state index >= 15 is 0 Å². The summed E-state index contributed by atoms with van der Waals surface area (Å²) in [5.41, 5.74) is 16.7. The Bertz CT molecular complexity index is 1190. The maximum atomic E-state index is 6.58. The summed E-state index contributed by atoms with van der Waals surface area (Å²) in [5, 5.41) is 3.61. The molecule has 0 heterocycles. The first-order chi connectivity index (χ1) is 17.3. The van der Waals surface area contributed by atoms with Crippen LogP contribution in [0.3, 0.4) is 0 Å². The number of hydrogen-bond acceptors (Lipinski definition) is 2. The number of rotatable bonds is 3. The molecule has 35 heavy (non-hydrogen) atoms. The fourth-order valence-corrected chi connectivity index (χ4v) is 5.85. The van der Waals surface area contributed by atoms with Crippen molar-refractivity contribution in [2.75, 3.05) is 13.1 Å². The first kappa shape index (κ1) is 23.8. The molecule has 4 aromatic rings. The van der Waals surface area contributed by atoms with Gasteiger partial charge >= 0.3 is 0 Å². The molecule has 0 aliphatic heterocycles. The largest absolute Gasteiger partial charge is 0.329 e. The van der Waals surface area contributed by atoms with Crippen LogP contribution in [-0.4, -0.2) is 13.1 Å². The maximum Gasteiger partial charge on any atom is 0.0840 e. The predicted octanol–water partition coefficient (Wildman–Crippen LogP) is 6.54. The number of hydrogen-bond donors (Lipinski definition) is 2. The Hall–Kier alpha value is -2.91. The lowest BCUT2D eigenvalue weighted by Crippen LogP contribution is -2.28. The SMILES string of the molecule is ClC1c2ccccc2CCc2ccccc21.NCCNC1c2ccccc2CCc2ccccc21. The van der Waals surface area contributed by atoms with E-state index in [1.54, 1.807) is 0 Å². The molecule has 0 amide bonds. The van der Waals surface area contributed by atoms with E-state index in [4.69, 9.17) is 17.3 Å². The van der Waals surface area contributed by atoms with Gasteiger partial charge in [0.25, 0.3) is 0 Å². The number of nitrogens with one attached hydrogen (secondary N) is 1. The van der Waals surface area contributed by atoms with Crippen molar-refractivity contribution in [3.05, 3.63) is 142 Å². The number of benzene rings is 4. The minimum absolute atomic E-state index is 0.00917. The van der Waals surface area contributed by atoms with Gasteiger partial charge in [0, 0.05) is 13.1 Å². The van der Waals surface area contributed by atoms with Crippen LogP contribution in [0, 0.1) is 0 Å². The molecule has 6 rings (SSSR count). The van der Waals surface area contributed by atoms with E-state index in [-0.39, 0.29) is 11.4 Å². The van der Waals surface area contributed by atoms with Crippen LogP contribution < -0.4 is 11.1 Å². The molecule has 2 nitrogen and oxygen atoms in total. The number of halogens is 1. The lowest BCUT2D eigenvalue weighted by atomic mass is 9.94. The van der Waals surface area contributed by atoms with Crippen LogP contribution in [0.1, 0.15) is 55.9 Å². The first-order valence-electron chi connectivity index (χ1n) is 12.6. The molecule has 3 heteroatoms. The Morgan fingerprint density at radius 2 is 0.914 bits per heavy atom. The van der Waals surface area contributed by atoms with Gasteiger partial charge in [-0.25, -0.2) is 0 Å². The molecule has 178 valence electrons. The standard InChI is InChI=1S/C17H20N2.C15H13Cl/c18-11-12-19-17-15-7-3-1-5-13(15)9-10-14-6-2-4-8-16(14)17;16-15-13-7-3-1-5-11(13)9-10-12-6-2-4-8-14(12)15/h1-8,17,19H,9-12,18H2;1-8,15H,9-10H2. The molecule has 2 aliphatic rings. The molecular formula is C32H33ClN2. The highest BCUT2D eigenvalue weighted by atomic mass is 35.5. The molecule has 0 saturated carbocycles. The van der Waals surface area contributed by atoms with Crippen LogP contribution in [0.5, 0.6) is 0 Å². The monoisotopic (exact) mass is 480 g/mol. The second-order valence-corrected chi connectivity index (χ2v) is 9.77. The van der Waals surface area contributed by atoms with E-state index < -0.39 is 0 Å². The van der Waals surface area contributed by atoms with Crippen molar-refractivity contribution in [1.29, 1.82) is 0 Å². The minimum Gasteiger partial charge on any atom is -0.329 e. The topological polar surface area (TPSA) is 38.0 Å². The summed E-state index contributed by atoms with van der Waals surface area (Å²) in [7, 11) is 0. The Balaban J connectivity index is 0.000000147. The molecule has 0 aromatic heterocycles. The van der Waals surface area contributed by atoms with E-state index in [1.165, 1.54) is 44.5 Å². The molecular weight excluding hydrogens is 448 g/mol. The molecule has 0 bridgehead atoms. The quantitative estimate of drug-likeness (QED) is 0.327. The van der Waals surface area contributed by atoms with Crippen LogP contribution in [0.15, 0.2) is 97.1 Å². The third-order valence-corrected chi connectivity index (χ3v) is 7.68. The summed E-state index contributed by atoms with van der Waals surface area (Å²) in [6, 6.07) is 34.8. The number of alkyl halides is 1. The van der Waals surface area contributed by atoms with E-state index in [9.17, 15) is 0 Å². The van der Waals surface area contributed by atoms with Gasteiger partial charge in [-0.3, -0.25) is 0 Å². The average Bonchev–Trinajstić information content (AvgIpc) is 3.17. The van der Waals surface area contributed by atoms with E-state index in [1.807, 2.05) is 0 Å². The number of aryl methyl sites for hydroxylation is 4. The summed E-state index contributed by atoms with van der Waals surface area (Å²) in [4.78, 5) is 0. The molecule has 0 saturated heterocycles. The molecule has 0 atom stereocenters. The molecule has 0 spiro atoms. The van der Waals surface area contributed by atoms with Crippen molar-refractivity contribution in [1.82, 2.24) is 5.32 Å². The van der Waals surface area contributed by atoms with E-state index in [2.05, 4.69) is 102 Å². The average molecular weight is 481 g/mol. The highest BCUT2D eigenvalue weighted by Crippen LogP contribution is 2.36. The van der Waals surface area contributed by atoms with Crippen molar-refractivity contribution < 1.29 is 0 Å². The van der Waals surface area contributed by atoms with Gasteiger partial charge in [-0.05, 0) is 70.2 Å². The lowest BCUT2D eigenvalue weighted by Gasteiger charge is -2.21. The smallest absolute Gasteiger partial charge is 0.0840 e. The minimum atomic E-state index is 0.00917. The Morgan fingerprint density at radius 1 is 0.571 bits per heavy atom. The van der Waals surface area contributed by atoms with Crippen LogP contribution in [0.25, 0.3) is 0 Å². The van der Waals surface area contributed by atoms with Gasteiger partial charge in [-0.1, -0.05) is 97.1 Å². The Morgan fingerprint density at radius 3 is 1.31 bits per heavy atom. The molecule has 4 aromatic carbocycles. The summed E-state index contributed by atoms with van der Waals surface area (Å²) in [5.74, 6) is 0.